The van der Waals surface area contributed by atoms with Crippen molar-refractivity contribution < 1.29 is 39.1 Å². The molecule has 2 heterocycles. The second kappa shape index (κ2) is 8.17. The van der Waals surface area contributed by atoms with Gasteiger partial charge in [-0.25, -0.2) is 9.67 Å². The molecule has 2 aromatic carbocycles. The summed E-state index contributed by atoms with van der Waals surface area (Å²) in [6.07, 6.45) is 0.973. The smallest absolute Gasteiger partial charge is 0.734 e. The number of nitrogens with zero attached hydrogens (tertiary/aromatic N) is 3. The molecule has 0 saturated carbocycles. The van der Waals surface area contributed by atoms with Crippen molar-refractivity contribution >= 4 is 40.9 Å². The Balaban J connectivity index is 0.00000210. The Hall–Kier alpha value is -0.990. The van der Waals surface area contributed by atoms with Crippen LogP contribution in [0.4, 0.5) is 0 Å². The van der Waals surface area contributed by atoms with Gasteiger partial charge < -0.3 is 22.2 Å². The predicted molar refractivity (Wildman–Crippen MR) is 100 cm³/mol. The summed E-state index contributed by atoms with van der Waals surface area (Å²) >= 11 is 17.5. The molecule has 0 spiro atoms. The van der Waals surface area contributed by atoms with Crippen LogP contribution in [0.5, 0.6) is 0 Å². The minimum atomic E-state index is -0.809. The van der Waals surface area contributed by atoms with Crippen molar-refractivity contribution in [2.24, 2.45) is 0 Å². The van der Waals surface area contributed by atoms with E-state index in [4.69, 9.17) is 40.6 Å². The Kier molecular flexibility index (Phi) is 6.27. The van der Waals surface area contributed by atoms with Crippen molar-refractivity contribution in [2.75, 3.05) is 0 Å². The van der Waals surface area contributed by atoms with E-state index in [1.54, 1.807) is 6.07 Å². The fourth-order valence-electron chi connectivity index (χ4n) is 3.15. The molecule has 3 aromatic rings. The average molecular weight is 428 g/mol. The third-order valence-corrected chi connectivity index (χ3v) is 5.25. The van der Waals surface area contributed by atoms with E-state index in [1.807, 2.05) is 42.5 Å². The van der Waals surface area contributed by atoms with Gasteiger partial charge in [0.25, 0.3) is 0 Å². The van der Waals surface area contributed by atoms with Crippen molar-refractivity contribution in [2.45, 2.75) is 18.2 Å². The molecule has 0 amide bonds. The number of aromatic nitrogens is 3. The van der Waals surface area contributed by atoms with Crippen molar-refractivity contribution in [3.05, 3.63) is 81.9 Å². The van der Waals surface area contributed by atoms with Crippen molar-refractivity contribution in [3.8, 4) is 0 Å². The van der Waals surface area contributed by atoms with Gasteiger partial charge in [-0.2, -0.15) is 5.10 Å². The molecule has 1 aliphatic rings. The molecule has 5 nitrogen and oxygen atoms in total. The molecule has 0 N–H and O–H groups in total. The third-order valence-electron chi connectivity index (χ3n) is 4.39. The number of benzene rings is 2. The van der Waals surface area contributed by atoms with Gasteiger partial charge in [-0.1, -0.05) is 59.6 Å². The molecular formula is C18H12Cl2N3NaO2S. The molecule has 0 bridgehead atoms. The van der Waals surface area contributed by atoms with Gasteiger partial charge in [-0.3, -0.25) is 0 Å². The number of carbonyl (C=O) groups is 1. The minimum Gasteiger partial charge on any atom is -0.734 e. The second-order valence-electron chi connectivity index (χ2n) is 5.92. The van der Waals surface area contributed by atoms with Gasteiger partial charge in [0, 0.05) is 21.2 Å². The number of rotatable bonds is 5. The molecule has 2 atom stereocenters. The summed E-state index contributed by atoms with van der Waals surface area (Å²) in [4.78, 5) is 15.6. The van der Waals surface area contributed by atoms with Crippen LogP contribution in [0, 0.1) is 0 Å². The second-order valence-corrected chi connectivity index (χ2v) is 7.10. The van der Waals surface area contributed by atoms with E-state index in [9.17, 15) is 4.79 Å². The maximum Gasteiger partial charge on any atom is 1.00 e. The van der Waals surface area contributed by atoms with Gasteiger partial charge in [0.1, 0.15) is 18.0 Å². The van der Waals surface area contributed by atoms with Crippen LogP contribution in [-0.4, -0.2) is 19.9 Å². The van der Waals surface area contributed by atoms with E-state index in [-0.39, 0.29) is 48.0 Å². The van der Waals surface area contributed by atoms with E-state index in [1.165, 1.54) is 11.0 Å². The Morgan fingerprint density at radius 1 is 1.15 bits per heavy atom. The maximum absolute atomic E-state index is 11.6. The van der Waals surface area contributed by atoms with Crippen LogP contribution in [0.2, 0.25) is 10.0 Å². The number of hydrogen-bond donors (Lipinski definition) is 0. The molecule has 1 aliphatic heterocycles. The van der Waals surface area contributed by atoms with E-state index in [2.05, 4.69) is 10.1 Å². The standard InChI is InChI=1S/C18H13Cl2N3O2S.Na/c19-13-7-3-1-5-11(13)15-18(25-15,12-6-2-4-8-14(12)20)9-23-16(17(24)26)21-10-22-23;/h1-8,10,15H,9H2,(H,24,26);/q;+1/p-1/t15-,18-;/m0./s1. The van der Waals surface area contributed by atoms with Gasteiger partial charge in [-0.15, -0.1) is 0 Å². The number of hydrogen-bond acceptors (Lipinski definition) is 5. The van der Waals surface area contributed by atoms with Crippen LogP contribution in [0.1, 0.15) is 27.8 Å². The van der Waals surface area contributed by atoms with Gasteiger partial charge >= 0.3 is 29.6 Å². The van der Waals surface area contributed by atoms with E-state index >= 15 is 0 Å². The molecule has 0 unspecified atom stereocenters. The molecule has 0 aliphatic carbocycles. The fourth-order valence-corrected chi connectivity index (χ4v) is 3.84. The van der Waals surface area contributed by atoms with Crippen molar-refractivity contribution in [1.82, 2.24) is 14.8 Å². The topological polar surface area (TPSA) is 60.3 Å². The maximum atomic E-state index is 11.6. The summed E-state index contributed by atoms with van der Waals surface area (Å²) in [6.45, 7) is 0.240. The van der Waals surface area contributed by atoms with Crippen molar-refractivity contribution in [3.63, 3.8) is 0 Å². The zero-order chi connectivity index (χ0) is 18.3. The SMILES string of the molecule is O=C([S-])c1ncnn1C[C@@]1(c2ccccc2Cl)O[C@H]1c1ccccc1Cl.[Na+]. The normalized spacial score (nSPS) is 20.7. The van der Waals surface area contributed by atoms with Crippen LogP contribution in [0.3, 0.4) is 0 Å². The molecule has 1 fully saturated rings. The first-order valence-electron chi connectivity index (χ1n) is 7.79. The number of halogens is 2. The summed E-state index contributed by atoms with van der Waals surface area (Å²) in [5.41, 5.74) is 0.835. The van der Waals surface area contributed by atoms with Gasteiger partial charge in [0.2, 0.25) is 0 Å². The molecule has 4 rings (SSSR count). The summed E-state index contributed by atoms with van der Waals surface area (Å²) in [5.74, 6) is 0.0971. The van der Waals surface area contributed by atoms with Gasteiger partial charge in [0.15, 0.2) is 5.82 Å². The number of epoxide rings is 1. The Morgan fingerprint density at radius 2 is 1.81 bits per heavy atom. The first-order valence-corrected chi connectivity index (χ1v) is 8.96. The average Bonchev–Trinajstić information content (AvgIpc) is 3.13. The first kappa shape index (κ1) is 20.7. The zero-order valence-electron chi connectivity index (χ0n) is 14.3. The van der Waals surface area contributed by atoms with E-state index in [0.717, 1.165) is 11.1 Å². The van der Waals surface area contributed by atoms with Crippen LogP contribution in [0.15, 0.2) is 54.9 Å². The quantitative estimate of drug-likeness (QED) is 0.344. The number of ether oxygens (including phenoxy) is 1. The summed E-state index contributed by atoms with van der Waals surface area (Å²) in [6, 6.07) is 14.9. The summed E-state index contributed by atoms with van der Waals surface area (Å²) in [7, 11) is 0. The molecule has 1 saturated heterocycles. The van der Waals surface area contributed by atoms with Crippen LogP contribution >= 0.6 is 23.2 Å². The zero-order valence-corrected chi connectivity index (χ0v) is 18.6. The summed E-state index contributed by atoms with van der Waals surface area (Å²) < 4.78 is 7.60. The molecule has 1 aromatic heterocycles. The van der Waals surface area contributed by atoms with E-state index in [0.29, 0.717) is 10.0 Å². The Morgan fingerprint density at radius 3 is 2.48 bits per heavy atom. The third kappa shape index (κ3) is 3.80. The van der Waals surface area contributed by atoms with Crippen LogP contribution in [-0.2, 0) is 29.5 Å². The Bertz CT molecular complexity index is 1000. The molecular weight excluding hydrogens is 416 g/mol. The predicted octanol–water partition coefficient (Wildman–Crippen LogP) is 0.943. The largest absolute Gasteiger partial charge is 1.00 e. The molecule has 0 radical (unpaired) electrons. The monoisotopic (exact) mass is 427 g/mol. The van der Waals surface area contributed by atoms with Gasteiger partial charge in [-0.05, 0) is 12.1 Å². The minimum absolute atomic E-state index is 0. The van der Waals surface area contributed by atoms with Gasteiger partial charge in [0.05, 0.1) is 11.7 Å². The molecule has 27 heavy (non-hydrogen) atoms. The Labute approximate surface area is 193 Å². The molecule has 132 valence electrons. The number of carbonyl (C=O) groups excluding carboxylic acids is 1. The first-order chi connectivity index (χ1) is 12.5. The van der Waals surface area contributed by atoms with Crippen LogP contribution < -0.4 is 29.6 Å². The van der Waals surface area contributed by atoms with Crippen LogP contribution in [0.25, 0.3) is 0 Å². The van der Waals surface area contributed by atoms with Crippen molar-refractivity contribution in [1.29, 1.82) is 0 Å². The van der Waals surface area contributed by atoms with E-state index < -0.39 is 10.7 Å². The molecule has 9 heteroatoms. The fraction of sp³-hybridized carbons (Fsp3) is 0.167. The summed E-state index contributed by atoms with van der Waals surface area (Å²) in [5, 5.41) is 4.72.